The Kier molecular flexibility index (Phi) is 2.94. The first-order chi connectivity index (χ1) is 5.74. The van der Waals surface area contributed by atoms with E-state index in [9.17, 15) is 5.11 Å². The first-order valence-corrected chi connectivity index (χ1v) is 3.88. The lowest BCUT2D eigenvalue weighted by atomic mass is 10.2. The fraction of sp³-hybridized carbons (Fsp3) is 0.333. The number of anilines is 1. The summed E-state index contributed by atoms with van der Waals surface area (Å²) in [5, 5.41) is 20.7. The molecule has 0 aliphatic heterocycles. The van der Waals surface area contributed by atoms with Gasteiger partial charge in [0.25, 0.3) is 0 Å². The highest BCUT2D eigenvalue weighted by atomic mass is 16.3. The lowest BCUT2D eigenvalue weighted by molar-refractivity contribution is 0.311. The lowest BCUT2D eigenvalue weighted by Crippen LogP contribution is -2.05. The van der Waals surface area contributed by atoms with Crippen molar-refractivity contribution in [2.75, 3.05) is 18.5 Å². The van der Waals surface area contributed by atoms with Gasteiger partial charge in [0.2, 0.25) is 0 Å². The number of hydrogen-bond acceptors (Lipinski definition) is 3. The molecule has 0 bridgehead atoms. The SMILES string of the molecule is Cc1cc(NCCO)ccc1O. The molecule has 0 saturated heterocycles. The van der Waals surface area contributed by atoms with Crippen LogP contribution in [-0.2, 0) is 0 Å². The molecule has 0 fully saturated rings. The summed E-state index contributed by atoms with van der Waals surface area (Å²) in [6.45, 7) is 2.48. The summed E-state index contributed by atoms with van der Waals surface area (Å²) in [6.07, 6.45) is 0. The Hall–Kier alpha value is -1.22. The van der Waals surface area contributed by atoms with Crippen LogP contribution in [0.15, 0.2) is 18.2 Å². The van der Waals surface area contributed by atoms with Crippen LogP contribution in [0.25, 0.3) is 0 Å². The van der Waals surface area contributed by atoms with Crippen LogP contribution in [0.1, 0.15) is 5.56 Å². The van der Waals surface area contributed by atoms with Crippen molar-refractivity contribution in [2.45, 2.75) is 6.92 Å². The molecule has 0 heterocycles. The molecule has 0 saturated carbocycles. The van der Waals surface area contributed by atoms with Crippen molar-refractivity contribution < 1.29 is 10.2 Å². The smallest absolute Gasteiger partial charge is 0.118 e. The van der Waals surface area contributed by atoms with E-state index in [1.165, 1.54) is 0 Å². The van der Waals surface area contributed by atoms with E-state index in [1.807, 2.05) is 13.0 Å². The van der Waals surface area contributed by atoms with Crippen molar-refractivity contribution in [2.24, 2.45) is 0 Å². The van der Waals surface area contributed by atoms with E-state index in [1.54, 1.807) is 12.1 Å². The maximum atomic E-state index is 9.19. The Bertz CT molecular complexity index is 261. The van der Waals surface area contributed by atoms with Gasteiger partial charge in [-0.05, 0) is 30.7 Å². The fourth-order valence-corrected chi connectivity index (χ4v) is 0.966. The molecule has 3 N–H and O–H groups in total. The number of rotatable bonds is 3. The summed E-state index contributed by atoms with van der Waals surface area (Å²) in [7, 11) is 0. The van der Waals surface area contributed by atoms with Gasteiger partial charge in [0.15, 0.2) is 0 Å². The predicted octanol–water partition coefficient (Wildman–Crippen LogP) is 1.10. The number of hydrogen-bond donors (Lipinski definition) is 3. The Morgan fingerprint density at radius 3 is 2.75 bits per heavy atom. The zero-order valence-electron chi connectivity index (χ0n) is 7.04. The van der Waals surface area contributed by atoms with Gasteiger partial charge >= 0.3 is 0 Å². The molecule has 0 unspecified atom stereocenters. The average molecular weight is 167 g/mol. The van der Waals surface area contributed by atoms with Gasteiger partial charge in [-0.15, -0.1) is 0 Å². The molecule has 12 heavy (non-hydrogen) atoms. The highest BCUT2D eigenvalue weighted by Gasteiger charge is 1.96. The molecule has 0 radical (unpaired) electrons. The van der Waals surface area contributed by atoms with Crippen LogP contribution in [0, 0.1) is 6.92 Å². The molecule has 0 aliphatic rings. The average Bonchev–Trinajstić information content (AvgIpc) is 2.07. The molecule has 0 aliphatic carbocycles. The Balaban J connectivity index is 2.69. The molecular formula is C9H13NO2. The number of nitrogens with one attached hydrogen (secondary N) is 1. The first-order valence-electron chi connectivity index (χ1n) is 3.88. The Morgan fingerprint density at radius 2 is 2.17 bits per heavy atom. The molecule has 3 nitrogen and oxygen atoms in total. The van der Waals surface area contributed by atoms with Gasteiger partial charge in [0.05, 0.1) is 6.61 Å². The van der Waals surface area contributed by atoms with E-state index in [4.69, 9.17) is 5.11 Å². The van der Waals surface area contributed by atoms with Crippen molar-refractivity contribution in [3.8, 4) is 5.75 Å². The quantitative estimate of drug-likeness (QED) is 0.591. The van der Waals surface area contributed by atoms with Gasteiger partial charge in [0.1, 0.15) is 5.75 Å². The van der Waals surface area contributed by atoms with Crippen LogP contribution in [0.5, 0.6) is 5.75 Å². The van der Waals surface area contributed by atoms with Crippen molar-refractivity contribution in [3.63, 3.8) is 0 Å². The van der Waals surface area contributed by atoms with Crippen LogP contribution in [0.2, 0.25) is 0 Å². The number of aromatic hydroxyl groups is 1. The number of aryl methyl sites for hydroxylation is 1. The van der Waals surface area contributed by atoms with Crippen molar-refractivity contribution in [1.29, 1.82) is 0 Å². The normalized spacial score (nSPS) is 9.83. The molecule has 0 aromatic heterocycles. The zero-order valence-corrected chi connectivity index (χ0v) is 7.04. The minimum atomic E-state index is 0.111. The van der Waals surface area contributed by atoms with Gasteiger partial charge in [-0.3, -0.25) is 0 Å². The van der Waals surface area contributed by atoms with E-state index >= 15 is 0 Å². The fourth-order valence-electron chi connectivity index (χ4n) is 0.966. The molecule has 66 valence electrons. The third kappa shape index (κ3) is 2.13. The van der Waals surface area contributed by atoms with Gasteiger partial charge < -0.3 is 15.5 Å². The molecule has 3 heteroatoms. The monoisotopic (exact) mass is 167 g/mol. The third-order valence-electron chi connectivity index (χ3n) is 1.64. The second-order valence-electron chi connectivity index (χ2n) is 2.65. The van der Waals surface area contributed by atoms with E-state index in [-0.39, 0.29) is 6.61 Å². The summed E-state index contributed by atoms with van der Waals surface area (Å²) in [6, 6.07) is 5.25. The number of benzene rings is 1. The molecular weight excluding hydrogens is 154 g/mol. The van der Waals surface area contributed by atoms with Crippen LogP contribution in [0.3, 0.4) is 0 Å². The predicted molar refractivity (Wildman–Crippen MR) is 48.4 cm³/mol. The minimum Gasteiger partial charge on any atom is -0.508 e. The number of aliphatic hydroxyl groups is 1. The highest BCUT2D eigenvalue weighted by molar-refractivity contribution is 5.50. The molecule has 1 aromatic rings. The summed E-state index contributed by atoms with van der Waals surface area (Å²) >= 11 is 0. The van der Waals surface area contributed by atoms with Gasteiger partial charge in [-0.2, -0.15) is 0 Å². The molecule has 1 rings (SSSR count). The number of aliphatic hydroxyl groups excluding tert-OH is 1. The molecule has 0 spiro atoms. The van der Waals surface area contributed by atoms with Crippen LogP contribution in [0.4, 0.5) is 5.69 Å². The van der Waals surface area contributed by atoms with Crippen LogP contribution >= 0.6 is 0 Å². The largest absolute Gasteiger partial charge is 0.508 e. The van der Waals surface area contributed by atoms with E-state index in [0.717, 1.165) is 11.3 Å². The zero-order chi connectivity index (χ0) is 8.97. The van der Waals surface area contributed by atoms with Crippen molar-refractivity contribution in [1.82, 2.24) is 0 Å². The molecule has 1 aromatic carbocycles. The van der Waals surface area contributed by atoms with Gasteiger partial charge in [-0.25, -0.2) is 0 Å². The van der Waals surface area contributed by atoms with Crippen LogP contribution in [-0.4, -0.2) is 23.4 Å². The second kappa shape index (κ2) is 3.97. The van der Waals surface area contributed by atoms with E-state index < -0.39 is 0 Å². The molecule has 0 atom stereocenters. The van der Waals surface area contributed by atoms with Gasteiger partial charge in [0, 0.05) is 12.2 Å². The minimum absolute atomic E-state index is 0.111. The van der Waals surface area contributed by atoms with E-state index in [2.05, 4.69) is 5.32 Å². The van der Waals surface area contributed by atoms with Crippen molar-refractivity contribution in [3.05, 3.63) is 23.8 Å². The van der Waals surface area contributed by atoms with Crippen LogP contribution < -0.4 is 5.32 Å². The highest BCUT2D eigenvalue weighted by Crippen LogP contribution is 2.19. The summed E-state index contributed by atoms with van der Waals surface area (Å²) < 4.78 is 0. The van der Waals surface area contributed by atoms with Gasteiger partial charge in [-0.1, -0.05) is 0 Å². The number of phenolic OH excluding ortho intramolecular Hbond substituents is 1. The topological polar surface area (TPSA) is 52.5 Å². The standard InChI is InChI=1S/C9H13NO2/c1-7-6-8(10-4-5-11)2-3-9(7)12/h2-3,6,10-12H,4-5H2,1H3. The maximum absolute atomic E-state index is 9.19. The molecule has 0 amide bonds. The second-order valence-corrected chi connectivity index (χ2v) is 2.65. The Labute approximate surface area is 71.7 Å². The summed E-state index contributed by atoms with van der Waals surface area (Å²) in [5.41, 5.74) is 1.75. The summed E-state index contributed by atoms with van der Waals surface area (Å²) in [4.78, 5) is 0. The lowest BCUT2D eigenvalue weighted by Gasteiger charge is -2.05. The number of phenols is 1. The Morgan fingerprint density at radius 1 is 1.42 bits per heavy atom. The summed E-state index contributed by atoms with van der Waals surface area (Å²) in [5.74, 6) is 0.296. The first kappa shape index (κ1) is 8.87. The van der Waals surface area contributed by atoms with Crippen molar-refractivity contribution >= 4 is 5.69 Å². The third-order valence-corrected chi connectivity index (χ3v) is 1.64. The van der Waals surface area contributed by atoms with E-state index in [0.29, 0.717) is 12.3 Å². The maximum Gasteiger partial charge on any atom is 0.118 e.